The van der Waals surface area contributed by atoms with Gasteiger partial charge in [0.1, 0.15) is 11.5 Å². The van der Waals surface area contributed by atoms with Crippen LogP contribution in [0.25, 0.3) is 5.57 Å². The largest absolute Gasteiger partial charge is 0.457 e. The lowest BCUT2D eigenvalue weighted by Gasteiger charge is -2.15. The molecule has 0 radical (unpaired) electrons. The molecular formula is C41H45N5O3. The topological polar surface area (TPSA) is 94.7 Å². The molecule has 8 nitrogen and oxygen atoms in total. The van der Waals surface area contributed by atoms with Crippen LogP contribution in [0.5, 0.6) is 11.5 Å². The zero-order valence-corrected chi connectivity index (χ0v) is 28.1. The maximum atomic E-state index is 13.0. The van der Waals surface area contributed by atoms with Crippen LogP contribution < -0.4 is 26.0 Å². The Morgan fingerprint density at radius 1 is 0.878 bits per heavy atom. The van der Waals surface area contributed by atoms with Crippen molar-refractivity contribution in [2.45, 2.75) is 38.1 Å². The predicted molar refractivity (Wildman–Crippen MR) is 199 cm³/mol. The van der Waals surface area contributed by atoms with E-state index < -0.39 is 0 Å². The van der Waals surface area contributed by atoms with Gasteiger partial charge in [-0.2, -0.15) is 0 Å². The highest BCUT2D eigenvalue weighted by atomic mass is 16.5. The summed E-state index contributed by atoms with van der Waals surface area (Å²) in [5.41, 5.74) is 7.23. The van der Waals surface area contributed by atoms with Crippen LogP contribution in [0.15, 0.2) is 116 Å². The number of ether oxygens (including phenoxy) is 1. The Balaban J connectivity index is 0.984. The SMILES string of the molecule is C=CC(C)NC(=O)Nc1ccc(Oc2ccc(NC(=O)c3ccc(CC4C=C(CNCCN5CCCC5)c5ccccc54)cc3)cc2)cc1. The molecule has 2 aliphatic rings. The third kappa shape index (κ3) is 9.25. The van der Waals surface area contributed by atoms with Crippen molar-refractivity contribution in [3.05, 3.63) is 138 Å². The van der Waals surface area contributed by atoms with Gasteiger partial charge in [0.05, 0.1) is 0 Å². The zero-order chi connectivity index (χ0) is 34.0. The van der Waals surface area contributed by atoms with Gasteiger partial charge in [-0.15, -0.1) is 6.58 Å². The molecule has 4 aromatic rings. The summed E-state index contributed by atoms with van der Waals surface area (Å²) in [5.74, 6) is 1.41. The van der Waals surface area contributed by atoms with Crippen molar-refractivity contribution in [3.63, 3.8) is 0 Å². The molecule has 2 atom stereocenters. The van der Waals surface area contributed by atoms with E-state index in [0.29, 0.717) is 34.4 Å². The number of benzene rings is 4. The number of fused-ring (bicyclic) bond motifs is 1. The first-order valence-electron chi connectivity index (χ1n) is 17.1. The quantitative estimate of drug-likeness (QED) is 0.0821. The van der Waals surface area contributed by atoms with E-state index in [4.69, 9.17) is 4.74 Å². The number of hydrogen-bond donors (Lipinski definition) is 4. The number of rotatable bonds is 14. The molecule has 4 N–H and O–H groups in total. The van der Waals surface area contributed by atoms with Crippen LogP contribution in [0.4, 0.5) is 16.2 Å². The van der Waals surface area contributed by atoms with E-state index in [1.807, 2.05) is 31.2 Å². The van der Waals surface area contributed by atoms with Crippen molar-refractivity contribution in [2.75, 3.05) is 43.4 Å². The van der Waals surface area contributed by atoms with E-state index >= 15 is 0 Å². The highest BCUT2D eigenvalue weighted by Gasteiger charge is 2.23. The van der Waals surface area contributed by atoms with Gasteiger partial charge in [0, 0.05) is 48.5 Å². The normalized spacial score (nSPS) is 15.9. The minimum atomic E-state index is -0.303. The molecule has 0 bridgehead atoms. The van der Waals surface area contributed by atoms with Crippen LogP contribution in [0, 0.1) is 0 Å². The highest BCUT2D eigenvalue weighted by Crippen LogP contribution is 2.37. The number of nitrogens with zero attached hydrogens (tertiary/aromatic N) is 1. The zero-order valence-electron chi connectivity index (χ0n) is 28.1. The Kier molecular flexibility index (Phi) is 11.2. The van der Waals surface area contributed by atoms with E-state index in [-0.39, 0.29) is 18.0 Å². The van der Waals surface area contributed by atoms with Crippen molar-refractivity contribution in [3.8, 4) is 11.5 Å². The molecule has 1 fully saturated rings. The molecule has 0 saturated carbocycles. The van der Waals surface area contributed by atoms with Crippen LogP contribution in [0.2, 0.25) is 0 Å². The molecule has 49 heavy (non-hydrogen) atoms. The van der Waals surface area contributed by atoms with E-state index in [0.717, 1.165) is 26.1 Å². The number of carbonyl (C=O) groups excluding carboxylic acids is 2. The lowest BCUT2D eigenvalue weighted by molar-refractivity contribution is 0.102. The number of amides is 3. The number of anilines is 2. The number of allylic oxidation sites excluding steroid dienone is 1. The molecule has 1 heterocycles. The Bertz CT molecular complexity index is 1760. The number of urea groups is 1. The fourth-order valence-electron chi connectivity index (χ4n) is 6.36. The monoisotopic (exact) mass is 655 g/mol. The second-order valence-electron chi connectivity index (χ2n) is 12.7. The van der Waals surface area contributed by atoms with Gasteiger partial charge in [-0.3, -0.25) is 4.79 Å². The molecule has 0 aromatic heterocycles. The minimum absolute atomic E-state index is 0.129. The minimum Gasteiger partial charge on any atom is -0.457 e. The van der Waals surface area contributed by atoms with E-state index in [2.05, 4.69) is 75.2 Å². The summed E-state index contributed by atoms with van der Waals surface area (Å²) in [6.45, 7) is 11.0. The average molecular weight is 656 g/mol. The van der Waals surface area contributed by atoms with Gasteiger partial charge >= 0.3 is 6.03 Å². The van der Waals surface area contributed by atoms with Crippen LogP contribution in [0.3, 0.4) is 0 Å². The fourth-order valence-corrected chi connectivity index (χ4v) is 6.36. The Hall–Kier alpha value is -5.18. The van der Waals surface area contributed by atoms with E-state index in [1.54, 1.807) is 42.5 Å². The van der Waals surface area contributed by atoms with Crippen LogP contribution in [-0.4, -0.2) is 55.6 Å². The van der Waals surface area contributed by atoms with Crippen LogP contribution >= 0.6 is 0 Å². The van der Waals surface area contributed by atoms with E-state index in [9.17, 15) is 9.59 Å². The summed E-state index contributed by atoms with van der Waals surface area (Å²) in [7, 11) is 0. The Morgan fingerprint density at radius 2 is 1.53 bits per heavy atom. The van der Waals surface area contributed by atoms with Crippen LogP contribution in [-0.2, 0) is 6.42 Å². The Morgan fingerprint density at radius 3 is 2.20 bits per heavy atom. The van der Waals surface area contributed by atoms with Crippen molar-refractivity contribution in [1.29, 1.82) is 0 Å². The van der Waals surface area contributed by atoms with Gasteiger partial charge in [0.2, 0.25) is 0 Å². The molecule has 1 saturated heterocycles. The van der Waals surface area contributed by atoms with Crippen molar-refractivity contribution < 1.29 is 14.3 Å². The molecule has 6 rings (SSSR count). The maximum absolute atomic E-state index is 13.0. The van der Waals surface area contributed by atoms with Gasteiger partial charge < -0.3 is 30.9 Å². The lowest BCUT2D eigenvalue weighted by Crippen LogP contribution is -2.34. The molecule has 0 spiro atoms. The summed E-state index contributed by atoms with van der Waals surface area (Å²) in [4.78, 5) is 27.6. The molecule has 1 aliphatic heterocycles. The van der Waals surface area contributed by atoms with Gasteiger partial charge in [-0.05, 0) is 122 Å². The van der Waals surface area contributed by atoms with E-state index in [1.165, 1.54) is 48.2 Å². The molecule has 3 amide bonds. The first kappa shape index (κ1) is 33.7. The molecular weight excluding hydrogens is 610 g/mol. The highest BCUT2D eigenvalue weighted by molar-refractivity contribution is 6.04. The smallest absolute Gasteiger partial charge is 0.319 e. The Labute approximate surface area is 289 Å². The number of carbonyl (C=O) groups is 2. The fraction of sp³-hybridized carbons (Fsp3) is 0.268. The van der Waals surface area contributed by atoms with Crippen molar-refractivity contribution in [2.24, 2.45) is 0 Å². The van der Waals surface area contributed by atoms with Gasteiger partial charge in [0.25, 0.3) is 5.91 Å². The predicted octanol–water partition coefficient (Wildman–Crippen LogP) is 7.84. The van der Waals surface area contributed by atoms with Gasteiger partial charge in [-0.25, -0.2) is 4.79 Å². The van der Waals surface area contributed by atoms with Crippen molar-refractivity contribution in [1.82, 2.24) is 15.5 Å². The van der Waals surface area contributed by atoms with Gasteiger partial charge in [0.15, 0.2) is 0 Å². The molecule has 1 aliphatic carbocycles. The van der Waals surface area contributed by atoms with Gasteiger partial charge in [-0.1, -0.05) is 48.6 Å². The molecule has 2 unspecified atom stereocenters. The second-order valence-corrected chi connectivity index (χ2v) is 12.7. The second kappa shape index (κ2) is 16.3. The average Bonchev–Trinajstić information content (AvgIpc) is 3.77. The third-order valence-electron chi connectivity index (χ3n) is 9.07. The first-order valence-corrected chi connectivity index (χ1v) is 17.1. The van der Waals surface area contributed by atoms with Crippen LogP contribution in [0.1, 0.15) is 52.7 Å². The molecule has 8 heteroatoms. The number of nitrogens with one attached hydrogen (secondary N) is 4. The summed E-state index contributed by atoms with van der Waals surface area (Å²) in [6, 6.07) is 30.5. The lowest BCUT2D eigenvalue weighted by atomic mass is 9.93. The summed E-state index contributed by atoms with van der Waals surface area (Å²) < 4.78 is 5.94. The number of likely N-dealkylation sites (tertiary alicyclic amines) is 1. The third-order valence-corrected chi connectivity index (χ3v) is 9.07. The molecule has 252 valence electrons. The summed E-state index contributed by atoms with van der Waals surface area (Å²) >= 11 is 0. The summed E-state index contributed by atoms with van der Waals surface area (Å²) in [6.07, 6.45) is 7.62. The standard InChI is InChI=1S/C41H45N5O3/c1-3-29(2)43-41(48)45-35-16-20-37(21-17-35)49-36-18-14-34(15-19-36)44-40(47)31-12-10-30(11-13-31)26-32-27-33(39-9-5-4-8-38(32)39)28-42-22-25-46-23-6-7-24-46/h3-5,8-21,27,29,32,42H,1,6-7,22-26,28H2,2H3,(H,44,47)(H2,43,45,48). The molecule has 4 aromatic carbocycles. The number of hydrogen-bond acceptors (Lipinski definition) is 5. The van der Waals surface area contributed by atoms with Crippen molar-refractivity contribution >= 4 is 28.9 Å². The first-order chi connectivity index (χ1) is 23.9. The summed E-state index contributed by atoms with van der Waals surface area (Å²) in [5, 5.41) is 12.2. The maximum Gasteiger partial charge on any atom is 0.319 e.